The molecule has 0 aromatic carbocycles. The highest BCUT2D eigenvalue weighted by Gasteiger charge is 2.43. The van der Waals surface area contributed by atoms with Gasteiger partial charge >= 0.3 is 0 Å². The third-order valence-corrected chi connectivity index (χ3v) is 17.8. The van der Waals surface area contributed by atoms with Crippen LogP contribution < -0.4 is 51.0 Å². The fourth-order valence-electron chi connectivity index (χ4n) is 5.77. The van der Waals surface area contributed by atoms with Crippen LogP contribution in [-0.4, -0.2) is 106 Å². The molecule has 0 bridgehead atoms. The van der Waals surface area contributed by atoms with Crippen LogP contribution in [0.25, 0.3) is 0 Å². The van der Waals surface area contributed by atoms with Crippen molar-refractivity contribution in [3.05, 3.63) is 23.5 Å². The molecule has 2 aliphatic rings. The monoisotopic (exact) mass is 1100 g/mol. The van der Waals surface area contributed by atoms with Crippen LogP contribution in [0, 0.1) is 5.92 Å². The fraction of sp³-hybridized carbons (Fsp3) is 0.724. The van der Waals surface area contributed by atoms with Crippen LogP contribution >= 0.6 is 46.9 Å². The van der Waals surface area contributed by atoms with Crippen LogP contribution in [0.5, 0.6) is 0 Å². The molecule has 3 heterocycles. The van der Waals surface area contributed by atoms with Gasteiger partial charge in [0.1, 0.15) is 6.10 Å². The minimum atomic E-state index is -6.95. The molecule has 7 N–H and O–H groups in total. The van der Waals surface area contributed by atoms with E-state index < -0.39 is 108 Å². The van der Waals surface area contributed by atoms with E-state index in [1.807, 2.05) is 5.32 Å². The Morgan fingerprint density at radius 1 is 0.853 bits per heavy atom. The average molecular weight is 1100 g/mol. The zero-order chi connectivity index (χ0) is 51.1. The summed E-state index contributed by atoms with van der Waals surface area (Å²) in [6.07, 6.45) is 0.314. The van der Waals surface area contributed by atoms with E-state index >= 15 is 0 Å². The lowest BCUT2D eigenvalue weighted by Gasteiger charge is -2.38. The second-order valence-corrected chi connectivity index (χ2v) is 23.6. The Bertz CT molecular complexity index is 2250. The summed E-state index contributed by atoms with van der Waals surface area (Å²) < 4.78 is 104. The molecule has 33 nitrogen and oxygen atoms in total. The van der Waals surface area contributed by atoms with E-state index in [0.717, 1.165) is 0 Å². The van der Waals surface area contributed by atoms with Crippen molar-refractivity contribution < 1.29 is 121 Å². The third kappa shape index (κ3) is 22.4. The van der Waals surface area contributed by atoms with Crippen molar-refractivity contribution in [3.8, 4) is 0 Å². The van der Waals surface area contributed by atoms with E-state index in [2.05, 4.69) is 51.5 Å². The van der Waals surface area contributed by atoms with Gasteiger partial charge in [-0.2, -0.15) is 0 Å². The second kappa shape index (κ2) is 26.4. The predicted molar refractivity (Wildman–Crippen MR) is 210 cm³/mol. The minimum absolute atomic E-state index is 0.0514. The van der Waals surface area contributed by atoms with Crippen LogP contribution in [0.2, 0.25) is 0 Å². The SMILES string of the molecule is CC1=CC([C@@H]2C[C@H](O)[C@H](COP(=O)([O-])OP(=O)([O-])OP(=O)([O-])OP(=O)([O-])OP(=O)([O-])OP(=O)([O-])OCCCCCCNC(=O)CCCn3cc(CC(N)C(=O)NCCCO)nn3)O2)C(=O)NC1=O. The molecule has 11 atom stereocenters. The molecule has 3 rings (SSSR count). The first kappa shape index (κ1) is 60.0. The average Bonchev–Trinajstić information content (AvgIpc) is 3.79. The van der Waals surface area contributed by atoms with Crippen LogP contribution in [0.15, 0.2) is 17.8 Å². The van der Waals surface area contributed by atoms with Crippen molar-refractivity contribution in [2.75, 3.05) is 32.9 Å². The van der Waals surface area contributed by atoms with Crippen LogP contribution in [-0.2, 0) is 94.9 Å². The van der Waals surface area contributed by atoms with Gasteiger partial charge in [-0.25, -0.2) is 21.6 Å². The van der Waals surface area contributed by atoms with Crippen LogP contribution in [0.1, 0.15) is 64.0 Å². The lowest BCUT2D eigenvalue weighted by Crippen LogP contribution is -2.44. The summed E-state index contributed by atoms with van der Waals surface area (Å²) in [5, 5.41) is 34.2. The molecule has 1 fully saturated rings. The van der Waals surface area contributed by atoms with Gasteiger partial charge in [-0.15, -0.1) is 5.10 Å². The fourth-order valence-corrected chi connectivity index (χ4v) is 13.3. The number of aryl methyl sites for hydroxylation is 1. The smallest absolute Gasteiger partial charge is 0.280 e. The molecule has 1 aromatic rings. The molecular weight excluding hydrogens is 1050 g/mol. The number of aromatic nitrogens is 3. The largest absolute Gasteiger partial charge is 0.756 e. The van der Waals surface area contributed by atoms with Gasteiger partial charge in [-0.3, -0.25) is 56.6 Å². The predicted octanol–water partition coefficient (Wildman–Crippen LogP) is -4.23. The van der Waals surface area contributed by atoms with E-state index in [1.165, 1.54) is 17.7 Å². The van der Waals surface area contributed by atoms with Crippen LogP contribution in [0.4, 0.5) is 0 Å². The Labute approximate surface area is 386 Å². The molecular formula is C29H47N7O26P6-6. The molecule has 390 valence electrons. The van der Waals surface area contributed by atoms with Crippen LogP contribution in [0.3, 0.4) is 0 Å². The summed E-state index contributed by atoms with van der Waals surface area (Å²) in [5.74, 6) is -3.31. The van der Waals surface area contributed by atoms with Crippen molar-refractivity contribution in [1.82, 2.24) is 30.9 Å². The number of hydrogen-bond donors (Lipinski definition) is 6. The number of nitrogens with zero attached hydrogens (tertiary/aromatic N) is 3. The Hall–Kier alpha value is -2.34. The van der Waals surface area contributed by atoms with Crippen molar-refractivity contribution in [3.63, 3.8) is 0 Å². The molecule has 4 amide bonds. The van der Waals surface area contributed by atoms with Crippen molar-refractivity contribution in [2.24, 2.45) is 11.7 Å². The van der Waals surface area contributed by atoms with E-state index in [9.17, 15) is 81.0 Å². The number of nitrogens with two attached hydrogens (primary N) is 1. The van der Waals surface area contributed by atoms with E-state index in [4.69, 9.17) is 15.6 Å². The molecule has 1 aromatic heterocycles. The normalized spacial score (nSPS) is 24.5. The van der Waals surface area contributed by atoms with Crippen molar-refractivity contribution in [1.29, 1.82) is 0 Å². The maximum atomic E-state index is 12.2. The summed E-state index contributed by atoms with van der Waals surface area (Å²) in [7, 11) is -39.5. The Morgan fingerprint density at radius 3 is 2.01 bits per heavy atom. The van der Waals surface area contributed by atoms with Gasteiger partial charge in [-0.05, 0) is 32.6 Å². The van der Waals surface area contributed by atoms with E-state index in [0.29, 0.717) is 37.9 Å². The molecule has 39 heteroatoms. The number of amides is 4. The number of hydrogen-bond acceptors (Lipinski definition) is 29. The molecule has 8 unspecified atom stereocenters. The summed E-state index contributed by atoms with van der Waals surface area (Å²) in [6.45, 7) is 0.190. The van der Waals surface area contributed by atoms with Crippen molar-refractivity contribution >= 4 is 70.6 Å². The highest BCUT2D eigenvalue weighted by atomic mass is 31.3. The van der Waals surface area contributed by atoms with Gasteiger partial charge in [0, 0.05) is 57.3 Å². The topological polar surface area (TPSA) is 516 Å². The quantitative estimate of drug-likeness (QED) is 0.0226. The summed E-state index contributed by atoms with van der Waals surface area (Å²) >= 11 is 0. The lowest BCUT2D eigenvalue weighted by molar-refractivity contribution is -0.256. The van der Waals surface area contributed by atoms with E-state index in [-0.39, 0.29) is 63.3 Å². The summed E-state index contributed by atoms with van der Waals surface area (Å²) in [6, 6.07) is -0.868. The standard InChI is InChI=1S/C29H53N7O26P6/c1-19-14-21(28(41)33-27(19)40)24-16-23(38)25(57-24)18-56-64(45,46)59-66(49,50)61-68(53,54)62-67(51,52)60-65(47,48)58-63(43,44)55-13-5-3-2-4-9-31-26(39)8-6-11-36-17-20(34-35-36)15-22(30)29(42)32-10-7-12-37/h14,17,21-25,37-38H,2-13,15-16,18,30H2,1H3,(H,31,39)(H,32,42)(H,43,44)(H,45,46)(H,47,48)(H,49,50)(H,51,52)(H,53,54)(H,33,40,41)/p-6/t21?,22?,23-,24-,25-/m0/s1. The van der Waals surface area contributed by atoms with Gasteiger partial charge in [-0.1, -0.05) is 24.1 Å². The number of aliphatic hydroxyl groups is 2. The van der Waals surface area contributed by atoms with Gasteiger partial charge in [0.15, 0.2) is 0 Å². The first-order valence-electron chi connectivity index (χ1n) is 19.8. The first-order chi connectivity index (χ1) is 31.4. The molecule has 0 saturated carbocycles. The zero-order valence-corrected chi connectivity index (χ0v) is 40.8. The Morgan fingerprint density at radius 2 is 1.41 bits per heavy atom. The second-order valence-electron chi connectivity index (χ2n) is 14.4. The Kier molecular flexibility index (Phi) is 23.3. The van der Waals surface area contributed by atoms with Crippen molar-refractivity contribution in [2.45, 2.75) is 95.6 Å². The number of phosphoric acid groups is 6. The maximum Gasteiger partial charge on any atom is 0.280 e. The minimum Gasteiger partial charge on any atom is -0.756 e. The molecule has 2 aliphatic heterocycles. The summed E-state index contributed by atoms with van der Waals surface area (Å²) in [4.78, 5) is 120. The third-order valence-electron chi connectivity index (χ3n) is 8.80. The number of aliphatic hydroxyl groups excluding tert-OH is 2. The number of imide groups is 1. The van der Waals surface area contributed by atoms with E-state index in [1.54, 1.807) is 6.20 Å². The number of unbranched alkanes of at least 4 members (excludes halogenated alkanes) is 3. The van der Waals surface area contributed by atoms with Gasteiger partial charge in [0.05, 0.1) is 43.1 Å². The molecule has 68 heavy (non-hydrogen) atoms. The molecule has 0 aliphatic carbocycles. The number of rotatable bonds is 32. The number of carbonyl (C=O) groups is 4. The number of ether oxygens (including phenoxy) is 1. The van der Waals surface area contributed by atoms with Gasteiger partial charge < -0.3 is 69.7 Å². The molecule has 1 saturated heterocycles. The molecule has 0 radical (unpaired) electrons. The molecule has 0 spiro atoms. The maximum absolute atomic E-state index is 12.2. The Balaban J connectivity index is 1.31. The number of phosphoric ester groups is 2. The van der Waals surface area contributed by atoms with Gasteiger partial charge in [0.25, 0.3) is 52.8 Å². The number of nitrogens with one attached hydrogen (secondary N) is 3. The highest BCUT2D eigenvalue weighted by molar-refractivity contribution is 7.71. The lowest BCUT2D eigenvalue weighted by atomic mass is 9.93. The van der Waals surface area contributed by atoms with Gasteiger partial charge in [0.2, 0.25) is 17.7 Å². The zero-order valence-electron chi connectivity index (χ0n) is 35.4. The summed E-state index contributed by atoms with van der Waals surface area (Å²) in [5.41, 5.74) is 6.44. The first-order valence-corrected chi connectivity index (χ1v) is 28.6. The number of carbonyl (C=O) groups excluding carboxylic acids is 4. The highest BCUT2D eigenvalue weighted by Crippen LogP contribution is 2.70.